The van der Waals surface area contributed by atoms with Crippen molar-refractivity contribution in [3.05, 3.63) is 0 Å². The van der Waals surface area contributed by atoms with Gasteiger partial charge in [0.25, 0.3) is 0 Å². The van der Waals surface area contributed by atoms with Crippen LogP contribution >= 0.6 is 69.6 Å². The van der Waals surface area contributed by atoms with Crippen LogP contribution in [0.4, 0.5) is 4.39 Å². The summed E-state index contributed by atoms with van der Waals surface area (Å²) in [6.45, 7) is -1.19. The molecule has 1 N–H and O–H groups in total. The zero-order chi connectivity index (χ0) is 16.0. The molecular formula is C10H11Cl6FO3Pd. The normalized spacial score (nSPS) is 35.0. The zero-order valence-corrected chi connectivity index (χ0v) is 16.2. The van der Waals surface area contributed by atoms with Crippen molar-refractivity contribution in [2.75, 3.05) is 6.67 Å². The first kappa shape index (κ1) is 24.7. The van der Waals surface area contributed by atoms with Crippen LogP contribution in [-0.2, 0) is 30.0 Å². The van der Waals surface area contributed by atoms with Crippen molar-refractivity contribution in [1.82, 2.24) is 0 Å². The van der Waals surface area contributed by atoms with Gasteiger partial charge in [0.2, 0.25) is 0 Å². The summed E-state index contributed by atoms with van der Waals surface area (Å²) in [4.78, 5) is 19.4. The van der Waals surface area contributed by atoms with E-state index in [1.54, 1.807) is 0 Å². The van der Waals surface area contributed by atoms with Gasteiger partial charge in [0.1, 0.15) is 13.1 Å². The topological polar surface area (TPSA) is 54.4 Å². The monoisotopic (exact) mass is 514 g/mol. The van der Waals surface area contributed by atoms with Crippen LogP contribution in [0.1, 0.15) is 6.42 Å². The van der Waals surface area contributed by atoms with Crippen molar-refractivity contribution < 1.29 is 39.5 Å². The summed E-state index contributed by atoms with van der Waals surface area (Å²) < 4.78 is 11.1. The van der Waals surface area contributed by atoms with Crippen molar-refractivity contribution in [2.45, 2.75) is 38.7 Å². The third-order valence-electron chi connectivity index (χ3n) is 2.32. The second-order valence-corrected chi connectivity index (χ2v) is 6.93. The predicted molar refractivity (Wildman–Crippen MR) is 81.1 cm³/mol. The van der Waals surface area contributed by atoms with Crippen LogP contribution in [0, 0.1) is 0 Å². The molecule has 1 aliphatic carbocycles. The molecular weight excluding hydrogens is 506 g/mol. The smallest absolute Gasteiger partial charge is 0.310 e. The van der Waals surface area contributed by atoms with Gasteiger partial charge in [-0.15, -0.1) is 69.6 Å². The molecule has 128 valence electrons. The average Bonchev–Trinajstić information content (AvgIpc) is 2.40. The van der Waals surface area contributed by atoms with Gasteiger partial charge >= 0.3 is 5.97 Å². The number of carboxylic acids is 1. The number of Topliss-reactive ketones (excluding diaryl/α,β-unsaturated/α-hetero) is 1. The van der Waals surface area contributed by atoms with E-state index < -0.39 is 57.1 Å². The van der Waals surface area contributed by atoms with Crippen LogP contribution in [0.5, 0.6) is 0 Å². The molecule has 11 heteroatoms. The van der Waals surface area contributed by atoms with Crippen LogP contribution in [0.25, 0.3) is 0 Å². The Morgan fingerprint density at radius 3 is 1.14 bits per heavy atom. The van der Waals surface area contributed by atoms with E-state index in [2.05, 4.69) is 0 Å². The maximum Gasteiger partial charge on any atom is 0.310 e. The van der Waals surface area contributed by atoms with E-state index >= 15 is 0 Å². The molecule has 0 unspecified atom stereocenters. The number of ketones is 1. The molecule has 0 aromatic heterocycles. The molecule has 0 aromatic rings. The Balaban J connectivity index is 0. The summed E-state index contributed by atoms with van der Waals surface area (Å²) in [5, 5.41) is 5.21. The molecule has 0 heterocycles. The molecule has 0 aliphatic heterocycles. The molecule has 1 fully saturated rings. The van der Waals surface area contributed by atoms with Gasteiger partial charge in [0.15, 0.2) is 5.78 Å². The molecule has 1 aliphatic rings. The van der Waals surface area contributed by atoms with E-state index in [0.29, 0.717) is 0 Å². The number of carboxylic acid groups (broad SMARTS) is 1. The molecule has 0 bridgehead atoms. The van der Waals surface area contributed by atoms with Crippen LogP contribution in [-0.4, -0.2) is 55.8 Å². The summed E-state index contributed by atoms with van der Waals surface area (Å²) in [5.41, 5.74) is 0. The Bertz CT molecular complexity index is 292. The first-order valence-electron chi connectivity index (χ1n) is 5.27. The Hall–Kier alpha value is 1.47. The fourth-order valence-corrected chi connectivity index (χ4v) is 3.60. The SMILES string of the molecule is Cl[C@H]1[C@H](Cl)[C@@H](Cl)[C@@H](Cl)[C@H](Cl)[C@H]1Cl.O=C(O)CC(=O)CF.[Pd]. The van der Waals surface area contributed by atoms with Gasteiger partial charge < -0.3 is 5.11 Å². The second-order valence-electron chi connectivity index (χ2n) is 3.91. The first-order valence-corrected chi connectivity index (χ1v) is 7.89. The third kappa shape index (κ3) is 8.22. The zero-order valence-electron chi connectivity index (χ0n) is 10.1. The minimum Gasteiger partial charge on any atom is -0.481 e. The molecule has 0 aromatic carbocycles. The molecule has 0 saturated heterocycles. The maximum atomic E-state index is 11.1. The molecule has 0 amide bonds. The number of alkyl halides is 7. The summed E-state index contributed by atoms with van der Waals surface area (Å²) in [6, 6.07) is 0. The predicted octanol–water partition coefficient (Wildman–Crippen LogP) is 3.64. The summed E-state index contributed by atoms with van der Waals surface area (Å²) >= 11 is 35.3. The van der Waals surface area contributed by atoms with Gasteiger partial charge in [-0.2, -0.15) is 0 Å². The van der Waals surface area contributed by atoms with Gasteiger partial charge in [0.05, 0.1) is 32.3 Å². The van der Waals surface area contributed by atoms with Crippen molar-refractivity contribution in [1.29, 1.82) is 0 Å². The molecule has 21 heavy (non-hydrogen) atoms. The number of carbonyl (C=O) groups excluding carboxylic acids is 1. The Kier molecular flexibility index (Phi) is 14.0. The minimum atomic E-state index is -1.28. The van der Waals surface area contributed by atoms with Crippen LogP contribution in [0.2, 0.25) is 0 Å². The number of carbonyl (C=O) groups is 2. The molecule has 0 atom stereocenters. The van der Waals surface area contributed by atoms with Crippen molar-refractivity contribution >= 4 is 81.4 Å². The third-order valence-corrected chi connectivity index (χ3v) is 6.35. The molecule has 1 rings (SSSR count). The quantitative estimate of drug-likeness (QED) is 0.354. The molecule has 1 saturated carbocycles. The first-order chi connectivity index (χ1) is 9.13. The van der Waals surface area contributed by atoms with Gasteiger partial charge in [-0.25, -0.2) is 4.39 Å². The summed E-state index contributed by atoms with van der Waals surface area (Å²) in [7, 11) is 0. The Morgan fingerprint density at radius 1 is 0.810 bits per heavy atom. The van der Waals surface area contributed by atoms with Crippen molar-refractivity contribution in [2.24, 2.45) is 0 Å². The van der Waals surface area contributed by atoms with E-state index in [0.717, 1.165) is 0 Å². The summed E-state index contributed by atoms with van der Waals surface area (Å²) in [6.07, 6.45) is -0.712. The molecule has 3 nitrogen and oxygen atoms in total. The number of halogens is 7. The van der Waals surface area contributed by atoms with Gasteiger partial charge in [-0.05, 0) is 0 Å². The standard InChI is InChI=1S/C6H6Cl6.C4H5FO3.Pd/c7-1-2(8)4(10)6(12)5(11)3(1)9;5-2-3(6)1-4(7)8;/h1-6H;1-2H2,(H,7,8);/t1-,2-,3-,4+,5+,6+;;. The van der Waals surface area contributed by atoms with Crippen LogP contribution < -0.4 is 0 Å². The number of aliphatic carboxylic acids is 1. The van der Waals surface area contributed by atoms with Gasteiger partial charge in [-0.3, -0.25) is 9.59 Å². The second kappa shape index (κ2) is 11.9. The van der Waals surface area contributed by atoms with Crippen LogP contribution in [0.15, 0.2) is 0 Å². The van der Waals surface area contributed by atoms with Crippen LogP contribution in [0.3, 0.4) is 0 Å². The Labute approximate surface area is 165 Å². The average molecular weight is 517 g/mol. The minimum absolute atomic E-state index is 0. The number of hydrogen-bond donors (Lipinski definition) is 1. The van der Waals surface area contributed by atoms with Gasteiger partial charge in [-0.1, -0.05) is 0 Å². The fourth-order valence-electron chi connectivity index (χ4n) is 1.27. The van der Waals surface area contributed by atoms with Gasteiger partial charge in [0, 0.05) is 20.4 Å². The van der Waals surface area contributed by atoms with E-state index in [-0.39, 0.29) is 20.4 Å². The molecule has 0 spiro atoms. The number of hydrogen-bond acceptors (Lipinski definition) is 2. The van der Waals surface area contributed by atoms with E-state index in [9.17, 15) is 14.0 Å². The Morgan fingerprint density at radius 2 is 1.05 bits per heavy atom. The maximum absolute atomic E-state index is 11.1. The molecule has 0 radical (unpaired) electrons. The fraction of sp³-hybridized carbons (Fsp3) is 0.800. The van der Waals surface area contributed by atoms with E-state index in [4.69, 9.17) is 74.7 Å². The van der Waals surface area contributed by atoms with Crippen molar-refractivity contribution in [3.63, 3.8) is 0 Å². The van der Waals surface area contributed by atoms with E-state index in [1.165, 1.54) is 0 Å². The van der Waals surface area contributed by atoms with Crippen molar-refractivity contribution in [3.8, 4) is 0 Å². The summed E-state index contributed by atoms with van der Waals surface area (Å²) in [5.74, 6) is -2.18. The largest absolute Gasteiger partial charge is 0.481 e. The number of rotatable bonds is 3. The van der Waals surface area contributed by atoms with E-state index in [1.807, 2.05) is 0 Å².